The number of hydrogen-bond donors (Lipinski definition) is 2. The third-order valence-electron chi connectivity index (χ3n) is 4.45. The van der Waals surface area contributed by atoms with Crippen LogP contribution in [0.4, 0.5) is 5.69 Å². The quantitative estimate of drug-likeness (QED) is 0.720. The van der Waals surface area contributed by atoms with Crippen LogP contribution in [0.5, 0.6) is 0 Å². The zero-order valence-corrected chi connectivity index (χ0v) is 13.2. The van der Waals surface area contributed by atoms with Crippen molar-refractivity contribution in [1.82, 2.24) is 5.32 Å². The van der Waals surface area contributed by atoms with Gasteiger partial charge in [0.2, 0.25) is 5.91 Å². The molecule has 1 amide bonds. The van der Waals surface area contributed by atoms with Gasteiger partial charge in [0.15, 0.2) is 0 Å². The number of primary amides is 1. The zero-order valence-electron chi connectivity index (χ0n) is 13.2. The lowest BCUT2D eigenvalue weighted by Crippen LogP contribution is -2.53. The van der Waals surface area contributed by atoms with Crippen molar-refractivity contribution in [2.24, 2.45) is 5.73 Å². The van der Waals surface area contributed by atoms with Gasteiger partial charge in [0.25, 0.3) is 0 Å². The van der Waals surface area contributed by atoms with Crippen LogP contribution in [0.25, 0.3) is 0 Å². The van der Waals surface area contributed by atoms with Crippen molar-refractivity contribution in [2.75, 3.05) is 24.5 Å². The lowest BCUT2D eigenvalue weighted by molar-refractivity contribution is -0.124. The van der Waals surface area contributed by atoms with Crippen molar-refractivity contribution >= 4 is 11.6 Å². The first kappa shape index (κ1) is 15.8. The maximum atomic E-state index is 11.6. The van der Waals surface area contributed by atoms with Crippen LogP contribution < -0.4 is 16.0 Å². The molecular formula is C17H27N3O. The summed E-state index contributed by atoms with van der Waals surface area (Å²) in [6.07, 6.45) is 4.03. The number of likely N-dealkylation sites (N-methyl/N-ethyl adjacent to an activating group) is 1. The normalized spacial score (nSPS) is 16.6. The van der Waals surface area contributed by atoms with Gasteiger partial charge in [-0.3, -0.25) is 4.79 Å². The van der Waals surface area contributed by atoms with E-state index in [1.54, 1.807) is 0 Å². The van der Waals surface area contributed by atoms with E-state index in [2.05, 4.69) is 34.5 Å². The van der Waals surface area contributed by atoms with E-state index in [1.165, 1.54) is 11.3 Å². The minimum absolute atomic E-state index is 0.254. The van der Waals surface area contributed by atoms with Crippen LogP contribution in [0.1, 0.15) is 38.7 Å². The van der Waals surface area contributed by atoms with Gasteiger partial charge in [-0.15, -0.1) is 0 Å². The van der Waals surface area contributed by atoms with Crippen molar-refractivity contribution in [3.8, 4) is 0 Å². The largest absolute Gasteiger partial charge is 0.371 e. The van der Waals surface area contributed by atoms with Gasteiger partial charge in [-0.2, -0.15) is 0 Å². The van der Waals surface area contributed by atoms with E-state index in [0.717, 1.165) is 45.3 Å². The Labute approximate surface area is 127 Å². The van der Waals surface area contributed by atoms with Gasteiger partial charge in [-0.25, -0.2) is 0 Å². The molecule has 0 aromatic heterocycles. The van der Waals surface area contributed by atoms with Gasteiger partial charge < -0.3 is 16.0 Å². The van der Waals surface area contributed by atoms with Crippen LogP contribution in [0, 0.1) is 0 Å². The zero-order chi connectivity index (χ0) is 15.3. The molecule has 1 aliphatic rings. The van der Waals surface area contributed by atoms with Crippen LogP contribution in [-0.4, -0.2) is 31.1 Å². The van der Waals surface area contributed by atoms with E-state index >= 15 is 0 Å². The van der Waals surface area contributed by atoms with Gasteiger partial charge >= 0.3 is 0 Å². The molecule has 4 nitrogen and oxygen atoms in total. The first-order valence-electron chi connectivity index (χ1n) is 7.94. The summed E-state index contributed by atoms with van der Waals surface area (Å²) in [7, 11) is 0. The number of anilines is 1. The predicted molar refractivity (Wildman–Crippen MR) is 87.5 cm³/mol. The van der Waals surface area contributed by atoms with E-state index in [4.69, 9.17) is 5.73 Å². The molecule has 0 saturated carbocycles. The van der Waals surface area contributed by atoms with Gasteiger partial charge in [0, 0.05) is 18.8 Å². The molecule has 1 heterocycles. The second-order valence-corrected chi connectivity index (χ2v) is 6.05. The number of amides is 1. The summed E-state index contributed by atoms with van der Waals surface area (Å²) >= 11 is 0. The van der Waals surface area contributed by atoms with E-state index < -0.39 is 5.54 Å². The Kier molecular flexibility index (Phi) is 5.23. The third-order valence-corrected chi connectivity index (χ3v) is 4.45. The molecule has 2 rings (SSSR count). The molecule has 0 radical (unpaired) electrons. The van der Waals surface area contributed by atoms with Crippen LogP contribution in [0.15, 0.2) is 24.3 Å². The average molecular weight is 289 g/mol. The van der Waals surface area contributed by atoms with Crippen molar-refractivity contribution < 1.29 is 4.79 Å². The number of carbonyl (C=O) groups is 1. The molecule has 0 saturated heterocycles. The maximum absolute atomic E-state index is 11.6. The van der Waals surface area contributed by atoms with Crippen LogP contribution in [0.2, 0.25) is 0 Å². The predicted octanol–water partition coefficient (Wildman–Crippen LogP) is 2.07. The fourth-order valence-electron chi connectivity index (χ4n) is 3.11. The second kappa shape index (κ2) is 6.94. The molecule has 4 heteroatoms. The molecular weight excluding hydrogens is 262 g/mol. The molecule has 0 bridgehead atoms. The molecule has 3 N–H and O–H groups in total. The van der Waals surface area contributed by atoms with E-state index in [-0.39, 0.29) is 5.91 Å². The second-order valence-electron chi connectivity index (χ2n) is 6.05. The van der Waals surface area contributed by atoms with Crippen LogP contribution >= 0.6 is 0 Å². The summed E-state index contributed by atoms with van der Waals surface area (Å²) < 4.78 is 0. The Morgan fingerprint density at radius 2 is 2.14 bits per heavy atom. The Morgan fingerprint density at radius 1 is 1.38 bits per heavy atom. The summed E-state index contributed by atoms with van der Waals surface area (Å²) in [5.41, 5.74) is 7.77. The van der Waals surface area contributed by atoms with Gasteiger partial charge in [-0.1, -0.05) is 25.1 Å². The summed E-state index contributed by atoms with van der Waals surface area (Å²) in [5, 5.41) is 3.21. The number of fused-ring (bicyclic) bond motifs is 1. The SMILES string of the molecule is CCNC(C)(CCCCN1CCc2ccccc21)C(N)=O. The van der Waals surface area contributed by atoms with Gasteiger partial charge in [-0.05, 0) is 50.8 Å². The van der Waals surface area contributed by atoms with Gasteiger partial charge in [0.1, 0.15) is 0 Å². The first-order chi connectivity index (χ1) is 10.1. The Bertz CT molecular complexity index is 489. The van der Waals surface area contributed by atoms with Gasteiger partial charge in [0.05, 0.1) is 5.54 Å². The topological polar surface area (TPSA) is 58.4 Å². The number of unbranched alkanes of at least 4 members (excludes halogenated alkanes) is 1. The number of rotatable bonds is 8. The Hall–Kier alpha value is -1.55. The molecule has 0 aliphatic carbocycles. The number of carbonyl (C=O) groups excluding carboxylic acids is 1. The number of hydrogen-bond acceptors (Lipinski definition) is 3. The maximum Gasteiger partial charge on any atom is 0.237 e. The third kappa shape index (κ3) is 3.76. The number of para-hydroxylation sites is 1. The standard InChI is InChI=1S/C17H27N3O/c1-3-19-17(2,16(18)21)11-6-7-12-20-13-10-14-8-4-5-9-15(14)20/h4-5,8-9,19H,3,6-7,10-13H2,1-2H3,(H2,18,21). The molecule has 21 heavy (non-hydrogen) atoms. The lowest BCUT2D eigenvalue weighted by atomic mass is 9.94. The molecule has 1 atom stereocenters. The molecule has 0 fully saturated rings. The molecule has 0 spiro atoms. The monoisotopic (exact) mass is 289 g/mol. The molecule has 1 aromatic rings. The van der Waals surface area contributed by atoms with Crippen molar-refractivity contribution in [3.05, 3.63) is 29.8 Å². The highest BCUT2D eigenvalue weighted by atomic mass is 16.1. The molecule has 116 valence electrons. The average Bonchev–Trinajstić information content (AvgIpc) is 2.87. The van der Waals surface area contributed by atoms with Crippen molar-refractivity contribution in [3.63, 3.8) is 0 Å². The highest BCUT2D eigenvalue weighted by molar-refractivity contribution is 5.84. The number of nitrogens with zero attached hydrogens (tertiary/aromatic N) is 1. The van der Waals surface area contributed by atoms with E-state index in [0.29, 0.717) is 0 Å². The van der Waals surface area contributed by atoms with Crippen molar-refractivity contribution in [2.45, 2.75) is 45.1 Å². The highest BCUT2D eigenvalue weighted by Crippen LogP contribution is 2.27. The number of nitrogens with one attached hydrogen (secondary N) is 1. The summed E-state index contributed by atoms with van der Waals surface area (Å²) in [4.78, 5) is 14.0. The minimum Gasteiger partial charge on any atom is -0.371 e. The Morgan fingerprint density at radius 3 is 2.86 bits per heavy atom. The smallest absolute Gasteiger partial charge is 0.237 e. The fraction of sp³-hybridized carbons (Fsp3) is 0.588. The molecule has 1 aromatic carbocycles. The highest BCUT2D eigenvalue weighted by Gasteiger charge is 2.29. The van der Waals surface area contributed by atoms with Crippen LogP contribution in [-0.2, 0) is 11.2 Å². The summed E-state index contributed by atoms with van der Waals surface area (Å²) in [6, 6.07) is 8.63. The minimum atomic E-state index is -0.572. The molecule has 1 unspecified atom stereocenters. The van der Waals surface area contributed by atoms with E-state index in [1.807, 2.05) is 13.8 Å². The van der Waals surface area contributed by atoms with E-state index in [9.17, 15) is 4.79 Å². The first-order valence-corrected chi connectivity index (χ1v) is 7.94. The van der Waals surface area contributed by atoms with Crippen molar-refractivity contribution in [1.29, 1.82) is 0 Å². The number of nitrogens with two attached hydrogens (primary N) is 1. The Balaban J connectivity index is 1.79. The summed E-state index contributed by atoms with van der Waals surface area (Å²) in [5.74, 6) is -0.254. The summed E-state index contributed by atoms with van der Waals surface area (Å²) in [6.45, 7) is 6.84. The van der Waals surface area contributed by atoms with Crippen LogP contribution in [0.3, 0.4) is 0 Å². The molecule has 1 aliphatic heterocycles. The lowest BCUT2D eigenvalue weighted by Gasteiger charge is -2.27. The fourth-order valence-corrected chi connectivity index (χ4v) is 3.11. The number of benzene rings is 1.